The highest BCUT2D eigenvalue weighted by Crippen LogP contribution is 2.28. The number of benzene rings is 1. The average molecular weight is 439 g/mol. The van der Waals surface area contributed by atoms with Crippen LogP contribution in [0.5, 0.6) is 0 Å². The van der Waals surface area contributed by atoms with E-state index < -0.39 is 0 Å². The second kappa shape index (κ2) is 9.32. The van der Waals surface area contributed by atoms with Gasteiger partial charge >= 0.3 is 0 Å². The van der Waals surface area contributed by atoms with Crippen LogP contribution in [0.1, 0.15) is 45.9 Å². The predicted octanol–water partition coefficient (Wildman–Crippen LogP) is 3.40. The molecule has 1 aliphatic heterocycles. The molecule has 1 N–H and O–H groups in total. The van der Waals surface area contributed by atoms with Crippen molar-refractivity contribution in [3.63, 3.8) is 0 Å². The van der Waals surface area contributed by atoms with Crippen molar-refractivity contribution in [2.24, 2.45) is 0 Å². The van der Waals surface area contributed by atoms with Crippen molar-refractivity contribution in [1.82, 2.24) is 19.8 Å². The highest BCUT2D eigenvalue weighted by Gasteiger charge is 2.23. The molecule has 1 aliphatic rings. The molecule has 0 radical (unpaired) electrons. The predicted molar refractivity (Wildman–Crippen MR) is 126 cm³/mol. The first-order chi connectivity index (χ1) is 15.0. The zero-order chi connectivity index (χ0) is 22.0. The summed E-state index contributed by atoms with van der Waals surface area (Å²) in [5.41, 5.74) is 2.00. The van der Waals surface area contributed by atoms with Crippen LogP contribution >= 0.6 is 11.3 Å². The monoisotopic (exact) mass is 438 g/mol. The Bertz CT molecular complexity index is 1130. The van der Waals surface area contributed by atoms with E-state index in [9.17, 15) is 9.59 Å². The van der Waals surface area contributed by atoms with Crippen LogP contribution in [-0.4, -0.2) is 47.0 Å². The number of aryl methyl sites for hydroxylation is 2. The van der Waals surface area contributed by atoms with E-state index in [1.807, 2.05) is 43.8 Å². The minimum Gasteiger partial charge on any atom is -0.350 e. The molecule has 1 aromatic carbocycles. The Morgan fingerprint density at radius 1 is 1.23 bits per heavy atom. The number of nitrogens with zero attached hydrogens (tertiary/aromatic N) is 3. The van der Waals surface area contributed by atoms with Crippen LogP contribution in [0, 0.1) is 6.92 Å². The van der Waals surface area contributed by atoms with Crippen LogP contribution in [0.15, 0.2) is 35.1 Å². The summed E-state index contributed by atoms with van der Waals surface area (Å²) in [6, 6.07) is 10.5. The second-order valence-corrected chi connectivity index (χ2v) is 9.55. The van der Waals surface area contributed by atoms with Crippen molar-refractivity contribution in [2.75, 3.05) is 20.6 Å². The molecule has 4 rings (SSSR count). The van der Waals surface area contributed by atoms with E-state index in [1.165, 1.54) is 16.9 Å². The third kappa shape index (κ3) is 4.57. The number of thiophene rings is 1. The van der Waals surface area contributed by atoms with Gasteiger partial charge in [-0.3, -0.25) is 14.2 Å². The molecule has 0 spiro atoms. The van der Waals surface area contributed by atoms with E-state index in [1.54, 1.807) is 0 Å². The van der Waals surface area contributed by atoms with Gasteiger partial charge in [-0.25, -0.2) is 4.98 Å². The highest BCUT2D eigenvalue weighted by atomic mass is 32.1. The quantitative estimate of drug-likeness (QED) is 0.641. The summed E-state index contributed by atoms with van der Waals surface area (Å²) in [5.74, 6) is 0.735. The van der Waals surface area contributed by atoms with E-state index in [2.05, 4.69) is 22.3 Å². The van der Waals surface area contributed by atoms with Gasteiger partial charge < -0.3 is 10.2 Å². The van der Waals surface area contributed by atoms with Crippen LogP contribution in [-0.2, 0) is 19.4 Å². The molecule has 0 saturated carbocycles. The Morgan fingerprint density at radius 3 is 2.74 bits per heavy atom. The second-order valence-electron chi connectivity index (χ2n) is 8.55. The summed E-state index contributed by atoms with van der Waals surface area (Å²) < 4.78 is 1.82. The molecule has 31 heavy (non-hydrogen) atoms. The van der Waals surface area contributed by atoms with Gasteiger partial charge in [0.25, 0.3) is 11.5 Å². The number of hydrogen-bond donors (Lipinski definition) is 1. The van der Waals surface area contributed by atoms with E-state index in [0.29, 0.717) is 21.6 Å². The normalized spacial score (nSPS) is 15.0. The first-order valence-corrected chi connectivity index (χ1v) is 11.8. The van der Waals surface area contributed by atoms with Gasteiger partial charge in [0.05, 0.1) is 10.3 Å². The molecule has 1 unspecified atom stereocenters. The lowest BCUT2D eigenvalue weighted by molar-refractivity contribution is 0.0945. The Morgan fingerprint density at radius 2 is 2.00 bits per heavy atom. The summed E-state index contributed by atoms with van der Waals surface area (Å²) >= 11 is 1.34. The van der Waals surface area contributed by atoms with E-state index >= 15 is 0 Å². The maximum atomic E-state index is 13.1. The van der Waals surface area contributed by atoms with Crippen LogP contribution < -0.4 is 10.9 Å². The van der Waals surface area contributed by atoms with Gasteiger partial charge in [0.15, 0.2) is 0 Å². The zero-order valence-corrected chi connectivity index (χ0v) is 19.3. The van der Waals surface area contributed by atoms with Gasteiger partial charge in [-0.15, -0.1) is 11.3 Å². The number of rotatable bonds is 6. The van der Waals surface area contributed by atoms with Gasteiger partial charge in [-0.05, 0) is 51.4 Å². The maximum absolute atomic E-state index is 13.1. The van der Waals surface area contributed by atoms with Gasteiger partial charge in [-0.1, -0.05) is 36.8 Å². The van der Waals surface area contributed by atoms with Gasteiger partial charge in [0.2, 0.25) is 0 Å². The first-order valence-electron chi connectivity index (χ1n) is 11.0. The standard InChI is InChI=1S/C24H30N4O2S/c1-16-20-23(26-19-12-8-5-9-13-28(19)24(20)30)31-21(16)22(29)25-15-18(27(2)3)14-17-10-6-4-7-11-17/h4,6-7,10-11,18H,5,8-9,12-15H2,1-3H3,(H,25,29). The largest absolute Gasteiger partial charge is 0.350 e. The number of hydrogen-bond acceptors (Lipinski definition) is 5. The third-order valence-corrected chi connectivity index (χ3v) is 7.34. The Balaban J connectivity index is 1.55. The number of carbonyl (C=O) groups excluding carboxylic acids is 1. The summed E-state index contributed by atoms with van der Waals surface area (Å²) in [4.78, 5) is 34.4. The van der Waals surface area contributed by atoms with Crippen LogP contribution in [0.25, 0.3) is 10.2 Å². The molecule has 164 valence electrons. The summed E-state index contributed by atoms with van der Waals surface area (Å²) in [6.07, 6.45) is 4.87. The molecule has 1 atom stereocenters. The summed E-state index contributed by atoms with van der Waals surface area (Å²) in [5, 5.41) is 3.70. The van der Waals surface area contributed by atoms with Crippen molar-refractivity contribution in [1.29, 1.82) is 0 Å². The van der Waals surface area contributed by atoms with Gasteiger partial charge in [-0.2, -0.15) is 0 Å². The van der Waals surface area contributed by atoms with Gasteiger partial charge in [0, 0.05) is 25.6 Å². The van der Waals surface area contributed by atoms with Crippen molar-refractivity contribution in [2.45, 2.75) is 51.6 Å². The zero-order valence-electron chi connectivity index (χ0n) is 18.5. The summed E-state index contributed by atoms with van der Waals surface area (Å²) in [7, 11) is 4.06. The first kappa shape index (κ1) is 21.7. The highest BCUT2D eigenvalue weighted by molar-refractivity contribution is 7.20. The fourth-order valence-electron chi connectivity index (χ4n) is 4.24. The summed E-state index contributed by atoms with van der Waals surface area (Å²) in [6.45, 7) is 3.13. The topological polar surface area (TPSA) is 67.2 Å². The molecular formula is C24H30N4O2S. The lowest BCUT2D eigenvalue weighted by Crippen LogP contribution is -2.41. The van der Waals surface area contributed by atoms with Crippen LogP contribution in [0.2, 0.25) is 0 Å². The number of aromatic nitrogens is 2. The van der Waals surface area contributed by atoms with Crippen LogP contribution in [0.3, 0.4) is 0 Å². The minimum absolute atomic E-state index is 0.00458. The number of nitrogens with one attached hydrogen (secondary N) is 1. The molecule has 2 aromatic heterocycles. The fourth-order valence-corrected chi connectivity index (χ4v) is 5.35. The lowest BCUT2D eigenvalue weighted by atomic mass is 10.1. The SMILES string of the molecule is Cc1c(C(=O)NCC(Cc2ccccc2)N(C)C)sc2nc3n(c(=O)c12)CCCCC3. The van der Waals surface area contributed by atoms with E-state index in [4.69, 9.17) is 4.98 Å². The molecule has 1 amide bonds. The fraction of sp³-hybridized carbons (Fsp3) is 0.458. The molecule has 0 saturated heterocycles. The Hall–Kier alpha value is -2.51. The number of likely N-dealkylation sites (N-methyl/N-ethyl adjacent to an activating group) is 1. The molecular weight excluding hydrogens is 408 g/mol. The van der Waals surface area contributed by atoms with Gasteiger partial charge in [0.1, 0.15) is 10.7 Å². The lowest BCUT2D eigenvalue weighted by Gasteiger charge is -2.24. The smallest absolute Gasteiger partial charge is 0.262 e. The minimum atomic E-state index is -0.125. The molecule has 6 nitrogen and oxygen atoms in total. The van der Waals surface area contributed by atoms with Crippen LogP contribution in [0.4, 0.5) is 0 Å². The molecule has 0 aliphatic carbocycles. The van der Waals surface area contributed by atoms with E-state index in [0.717, 1.165) is 50.0 Å². The van der Waals surface area contributed by atoms with Crippen molar-refractivity contribution < 1.29 is 4.79 Å². The molecule has 0 fully saturated rings. The molecule has 3 aromatic rings. The molecule has 7 heteroatoms. The average Bonchev–Trinajstić information content (AvgIpc) is 2.93. The number of amides is 1. The third-order valence-electron chi connectivity index (χ3n) is 6.16. The Labute approximate surface area is 186 Å². The van der Waals surface area contributed by atoms with Crippen molar-refractivity contribution >= 4 is 27.5 Å². The molecule has 0 bridgehead atoms. The number of carbonyl (C=O) groups is 1. The number of fused-ring (bicyclic) bond motifs is 2. The Kier molecular flexibility index (Phi) is 6.53. The molecule has 3 heterocycles. The van der Waals surface area contributed by atoms with E-state index in [-0.39, 0.29) is 17.5 Å². The van der Waals surface area contributed by atoms with Crippen molar-refractivity contribution in [3.8, 4) is 0 Å². The van der Waals surface area contributed by atoms with Crippen molar-refractivity contribution in [3.05, 3.63) is 62.5 Å². The maximum Gasteiger partial charge on any atom is 0.262 e.